The van der Waals surface area contributed by atoms with Crippen LogP contribution >= 0.6 is 0 Å². The molecule has 12 atom stereocenters. The van der Waals surface area contributed by atoms with E-state index < -0.39 is 151 Å². The second kappa shape index (κ2) is 34.6. The van der Waals surface area contributed by atoms with Gasteiger partial charge in [0.2, 0.25) is 59.1 Å². The fourth-order valence-electron chi connectivity index (χ4n) is 8.02. The van der Waals surface area contributed by atoms with E-state index in [0.717, 1.165) is 0 Å². The molecule has 1 aromatic rings. The van der Waals surface area contributed by atoms with Crippen molar-refractivity contribution in [1.29, 1.82) is 0 Å². The molecule has 1 aromatic carbocycles. The molecule has 0 bridgehead atoms. The van der Waals surface area contributed by atoms with Crippen molar-refractivity contribution in [3.8, 4) is 0 Å². The third-order valence-electron chi connectivity index (χ3n) is 12.1. The normalized spacial score (nSPS) is 23.4. The van der Waals surface area contributed by atoms with Gasteiger partial charge in [0.25, 0.3) is 0 Å². The highest BCUT2D eigenvalue weighted by molar-refractivity contribution is 5.99. The fourth-order valence-corrected chi connectivity index (χ4v) is 8.02. The van der Waals surface area contributed by atoms with Gasteiger partial charge >= 0.3 is 0 Å². The first-order valence-electron chi connectivity index (χ1n) is 25.9. The summed E-state index contributed by atoms with van der Waals surface area (Å²) in [5.74, 6) is -10.0. The molecule has 1 aliphatic rings. The molecule has 1 saturated heterocycles. The number of aliphatic hydroxyl groups is 2. The van der Waals surface area contributed by atoms with Gasteiger partial charge in [-0.3, -0.25) is 47.9 Å². The summed E-state index contributed by atoms with van der Waals surface area (Å²) >= 11 is 0. The Labute approximate surface area is 453 Å². The largest absolute Gasteiger partial charge is 0.391 e. The quantitative estimate of drug-likeness (QED) is 0.0357. The summed E-state index contributed by atoms with van der Waals surface area (Å²) < 4.78 is 0. The molecular weight excluding hydrogens is 1020 g/mol. The van der Waals surface area contributed by atoms with Gasteiger partial charge < -0.3 is 104 Å². The van der Waals surface area contributed by atoms with Crippen LogP contribution in [0.1, 0.15) is 78.2 Å². The lowest BCUT2D eigenvalue weighted by Crippen LogP contribution is -2.61. The van der Waals surface area contributed by atoms with Gasteiger partial charge in [0, 0.05) is 13.0 Å². The standard InChI is InChI=1S/C48H84N18O12/c1-24(2)22-34-44(75)59-28(10-16-49)38(69)58-31(13-19-52)42(73)65-36(25(3)67)46(77)56-21-15-33(41(72)57-29(11-17-50)40(71)63-35(45(76)62-34)23-27-8-6-5-7-9-27)60-39(70)30(12-18-51)61-47(78)37(26(4)68)66-43(74)32(14-20-53)64-48(54)55/h5-9,24-26,28-37,67-68H,10-23,49-53H2,1-4H3,(H,56,77)(H,57,72)(H,58,69)(H,59,75)(H,60,70)(H,61,78)(H,62,76)(H,63,71)(H,65,73)(H,66,74)(H4,54,55,64)/t25-,26-,28?,29+,30+,31+,32+,33?,34?,35?,36+,37+/m1/s1. The van der Waals surface area contributed by atoms with Crippen molar-refractivity contribution in [2.75, 3.05) is 39.3 Å². The maximum Gasteiger partial charge on any atom is 0.245 e. The number of aliphatic hydroxyl groups excluding tert-OH is 2. The maximum atomic E-state index is 14.4. The van der Waals surface area contributed by atoms with Gasteiger partial charge in [-0.2, -0.15) is 0 Å². The van der Waals surface area contributed by atoms with E-state index in [1.165, 1.54) is 13.8 Å². The minimum absolute atomic E-state index is 0.0355. The highest BCUT2D eigenvalue weighted by Gasteiger charge is 2.37. The number of hydrogen-bond donors (Lipinski definition) is 19. The van der Waals surface area contributed by atoms with Crippen molar-refractivity contribution in [3.05, 3.63) is 35.9 Å². The molecule has 30 heteroatoms. The number of nitrogens with one attached hydrogen (secondary N) is 10. The minimum atomic E-state index is -1.69. The van der Waals surface area contributed by atoms with Crippen molar-refractivity contribution >= 4 is 65.0 Å². The van der Waals surface area contributed by atoms with E-state index in [1.807, 2.05) is 0 Å². The Balaban J connectivity index is 2.75. The van der Waals surface area contributed by atoms with Crippen LogP contribution in [0.4, 0.5) is 0 Å². The SMILES string of the molecule is CC(C)CC1NC(=O)C(Cc2ccccc2)NC(=O)[C@H](CCN)NC(=O)C(NC(=O)[C@H](CCN)NC(=O)[C@@H](NC(=O)[C@H](CCN)N=C(N)N)[C@@H](C)O)CCNC(=O)[C@H]([C@@H](C)O)NC(=O)[C@H](CCN)NC(=O)C(CCN)NC1=O. The number of nitrogens with two attached hydrogens (primary N) is 7. The molecule has 1 aliphatic heterocycles. The van der Waals surface area contributed by atoms with Gasteiger partial charge in [-0.1, -0.05) is 44.2 Å². The van der Waals surface area contributed by atoms with Gasteiger partial charge in [0.15, 0.2) is 5.96 Å². The van der Waals surface area contributed by atoms with Crippen LogP contribution in [-0.2, 0) is 54.4 Å². The van der Waals surface area contributed by atoms with Gasteiger partial charge in [-0.25, -0.2) is 4.99 Å². The first kappa shape index (κ1) is 67.0. The molecule has 0 aliphatic carbocycles. The zero-order valence-corrected chi connectivity index (χ0v) is 44.8. The Bertz CT molecular complexity index is 2180. The predicted octanol–water partition coefficient (Wildman–Crippen LogP) is -8.69. The second-order valence-corrected chi connectivity index (χ2v) is 19.2. The highest BCUT2D eigenvalue weighted by Crippen LogP contribution is 2.11. The molecule has 0 radical (unpaired) electrons. The Morgan fingerprint density at radius 1 is 0.603 bits per heavy atom. The summed E-state index contributed by atoms with van der Waals surface area (Å²) in [5.41, 5.74) is 40.6. The van der Waals surface area contributed by atoms with Crippen LogP contribution < -0.4 is 93.3 Å². The van der Waals surface area contributed by atoms with E-state index in [-0.39, 0.29) is 83.6 Å². The number of aliphatic imine (C=N–C) groups is 1. The van der Waals surface area contributed by atoms with Crippen LogP contribution in [-0.4, -0.2) is 187 Å². The van der Waals surface area contributed by atoms with Crippen LogP contribution in [0.5, 0.6) is 0 Å². The second-order valence-electron chi connectivity index (χ2n) is 19.2. The molecule has 1 heterocycles. The van der Waals surface area contributed by atoms with Crippen molar-refractivity contribution < 1.29 is 58.2 Å². The lowest BCUT2D eigenvalue weighted by molar-refractivity contribution is -0.136. The lowest BCUT2D eigenvalue weighted by Gasteiger charge is -2.28. The number of benzene rings is 1. The lowest BCUT2D eigenvalue weighted by atomic mass is 10.00. The Kier molecular flexibility index (Phi) is 29.8. The molecule has 10 amide bonds. The van der Waals surface area contributed by atoms with E-state index in [1.54, 1.807) is 44.2 Å². The van der Waals surface area contributed by atoms with Crippen molar-refractivity contribution in [2.45, 2.75) is 152 Å². The number of hydrogen-bond acceptors (Lipinski definition) is 18. The molecule has 4 unspecified atom stereocenters. The van der Waals surface area contributed by atoms with E-state index >= 15 is 0 Å². The van der Waals surface area contributed by atoms with E-state index in [9.17, 15) is 58.2 Å². The van der Waals surface area contributed by atoms with Crippen LogP contribution in [0.15, 0.2) is 35.3 Å². The zero-order valence-electron chi connectivity index (χ0n) is 44.8. The van der Waals surface area contributed by atoms with Crippen molar-refractivity contribution in [2.24, 2.45) is 51.0 Å². The summed E-state index contributed by atoms with van der Waals surface area (Å²) in [4.78, 5) is 143. The summed E-state index contributed by atoms with van der Waals surface area (Å²) in [5, 5.41) is 46.5. The molecule has 2 rings (SSSR count). The Morgan fingerprint density at radius 3 is 1.58 bits per heavy atom. The third-order valence-corrected chi connectivity index (χ3v) is 12.1. The monoisotopic (exact) mass is 1100 g/mol. The highest BCUT2D eigenvalue weighted by atomic mass is 16.3. The molecule has 438 valence electrons. The smallest absolute Gasteiger partial charge is 0.245 e. The van der Waals surface area contributed by atoms with Gasteiger partial charge in [-0.05, 0) is 103 Å². The minimum Gasteiger partial charge on any atom is -0.391 e. The van der Waals surface area contributed by atoms with Crippen LogP contribution in [0.3, 0.4) is 0 Å². The number of nitrogens with zero attached hydrogens (tertiary/aromatic N) is 1. The van der Waals surface area contributed by atoms with Crippen LogP contribution in [0, 0.1) is 5.92 Å². The fraction of sp³-hybridized carbons (Fsp3) is 0.646. The number of carbonyl (C=O) groups excluding carboxylic acids is 10. The first-order chi connectivity index (χ1) is 36.9. The number of carbonyl (C=O) groups is 10. The zero-order chi connectivity index (χ0) is 58.6. The molecule has 0 saturated carbocycles. The molecule has 26 N–H and O–H groups in total. The molecule has 30 nitrogen and oxygen atoms in total. The summed E-state index contributed by atoms with van der Waals surface area (Å²) in [6.45, 7) is 4.77. The van der Waals surface area contributed by atoms with Crippen LogP contribution in [0.25, 0.3) is 0 Å². The number of guanidine groups is 1. The van der Waals surface area contributed by atoms with E-state index in [4.69, 9.17) is 40.1 Å². The topological polar surface area (TPSA) is 526 Å². The van der Waals surface area contributed by atoms with Crippen LogP contribution in [0.2, 0.25) is 0 Å². The van der Waals surface area contributed by atoms with Gasteiger partial charge in [0.05, 0.1) is 12.2 Å². The Hall–Kier alpha value is -7.09. The van der Waals surface area contributed by atoms with Crippen molar-refractivity contribution in [3.63, 3.8) is 0 Å². The Morgan fingerprint density at radius 2 is 1.09 bits per heavy atom. The third kappa shape index (κ3) is 22.9. The van der Waals surface area contributed by atoms with Gasteiger partial charge in [0.1, 0.15) is 60.4 Å². The predicted molar refractivity (Wildman–Crippen MR) is 286 cm³/mol. The van der Waals surface area contributed by atoms with E-state index in [2.05, 4.69) is 58.2 Å². The molecule has 1 fully saturated rings. The first-order valence-corrected chi connectivity index (χ1v) is 25.9. The summed E-state index contributed by atoms with van der Waals surface area (Å²) in [6, 6.07) is -6.28. The maximum absolute atomic E-state index is 14.4. The number of rotatable bonds is 23. The van der Waals surface area contributed by atoms with Gasteiger partial charge in [-0.15, -0.1) is 0 Å². The molecule has 0 spiro atoms. The molecular formula is C48H84N18O12. The van der Waals surface area contributed by atoms with Crippen molar-refractivity contribution in [1.82, 2.24) is 53.2 Å². The molecule has 78 heavy (non-hydrogen) atoms. The summed E-state index contributed by atoms with van der Waals surface area (Å²) in [6.07, 6.45) is -4.51. The summed E-state index contributed by atoms with van der Waals surface area (Å²) in [7, 11) is 0. The van der Waals surface area contributed by atoms with E-state index in [0.29, 0.717) is 5.56 Å². The average molecular weight is 1110 g/mol. The average Bonchev–Trinajstić information content (AvgIpc) is 3.37. The number of amides is 10. The molecule has 0 aromatic heterocycles.